The van der Waals surface area contributed by atoms with Crippen LogP contribution in [0.4, 0.5) is 0 Å². The molecule has 0 spiro atoms. The van der Waals surface area contributed by atoms with E-state index < -0.39 is 0 Å². The minimum atomic E-state index is 0.142. The van der Waals surface area contributed by atoms with Crippen LogP contribution in [0.25, 0.3) is 0 Å². The van der Waals surface area contributed by atoms with E-state index in [0.29, 0.717) is 35.9 Å². The summed E-state index contributed by atoms with van der Waals surface area (Å²) >= 11 is 0. The zero-order valence-electron chi connectivity index (χ0n) is 16.6. The highest BCUT2D eigenvalue weighted by atomic mass is 16.3. The molecule has 3 heteroatoms. The second-order valence-corrected chi connectivity index (χ2v) is 10.1. The van der Waals surface area contributed by atoms with Gasteiger partial charge in [-0.05, 0) is 92.4 Å². The SMILES string of the molecule is CC(=O)[C@H]1CC[C@H]2[C@@H]3[C@H](CCO)CC4=CC(=O)CC[C@]4(C)[C@H]3CC[C@]12C. The van der Waals surface area contributed by atoms with E-state index in [1.54, 1.807) is 6.92 Å². The highest BCUT2D eigenvalue weighted by Gasteiger charge is 2.61. The molecule has 4 rings (SSSR count). The number of fused-ring (bicyclic) bond motifs is 5. The first-order valence-corrected chi connectivity index (χ1v) is 10.7. The van der Waals surface area contributed by atoms with Gasteiger partial charge in [0.2, 0.25) is 0 Å². The standard InChI is InChI=1S/C23H34O3/c1-14(25)18-4-5-19-21-15(8-11-24)12-16-13-17(26)6-9-22(16,2)20(21)7-10-23(18,19)3/h13,15,18-21,24H,4-12H2,1-3H3/t15-,18-,19+,20+,21+,22+,23-/m1/s1. The number of hydrogen-bond donors (Lipinski definition) is 1. The topological polar surface area (TPSA) is 54.4 Å². The van der Waals surface area contributed by atoms with Crippen molar-refractivity contribution in [2.24, 2.45) is 40.4 Å². The van der Waals surface area contributed by atoms with Crippen LogP contribution in [0.5, 0.6) is 0 Å². The van der Waals surface area contributed by atoms with Crippen molar-refractivity contribution in [3.05, 3.63) is 11.6 Å². The van der Waals surface area contributed by atoms with Crippen LogP contribution in [-0.2, 0) is 9.59 Å². The smallest absolute Gasteiger partial charge is 0.155 e. The molecule has 0 aromatic carbocycles. The highest BCUT2D eigenvalue weighted by molar-refractivity contribution is 5.91. The lowest BCUT2D eigenvalue weighted by Gasteiger charge is -2.60. The van der Waals surface area contributed by atoms with E-state index in [0.717, 1.165) is 38.5 Å². The number of Topliss-reactive ketones (excluding diaryl/α,β-unsaturated/α-hetero) is 1. The number of rotatable bonds is 3. The summed E-state index contributed by atoms with van der Waals surface area (Å²) in [6.07, 6.45) is 9.96. The largest absolute Gasteiger partial charge is 0.396 e. The average molecular weight is 359 g/mol. The van der Waals surface area contributed by atoms with Crippen LogP contribution >= 0.6 is 0 Å². The Balaban J connectivity index is 1.74. The minimum Gasteiger partial charge on any atom is -0.396 e. The summed E-state index contributed by atoms with van der Waals surface area (Å²) in [7, 11) is 0. The zero-order chi connectivity index (χ0) is 18.7. The monoisotopic (exact) mass is 358 g/mol. The average Bonchev–Trinajstić information content (AvgIpc) is 2.94. The fourth-order valence-corrected chi connectivity index (χ4v) is 7.83. The molecule has 0 aromatic rings. The summed E-state index contributed by atoms with van der Waals surface area (Å²) in [6, 6.07) is 0. The quantitative estimate of drug-likeness (QED) is 0.817. The van der Waals surface area contributed by atoms with Crippen LogP contribution in [0.1, 0.15) is 72.1 Å². The van der Waals surface area contributed by atoms with Gasteiger partial charge in [0.1, 0.15) is 5.78 Å². The first-order chi connectivity index (χ1) is 12.3. The Morgan fingerprint density at radius 3 is 2.65 bits per heavy atom. The first-order valence-electron chi connectivity index (χ1n) is 10.7. The van der Waals surface area contributed by atoms with Gasteiger partial charge in [-0.15, -0.1) is 0 Å². The molecule has 0 bridgehead atoms. The number of hydrogen-bond acceptors (Lipinski definition) is 3. The van der Waals surface area contributed by atoms with E-state index in [-0.39, 0.29) is 29.1 Å². The maximum atomic E-state index is 12.3. The number of carbonyl (C=O) groups is 2. The van der Waals surface area contributed by atoms with Crippen molar-refractivity contribution in [1.82, 2.24) is 0 Å². The summed E-state index contributed by atoms with van der Waals surface area (Å²) < 4.78 is 0. The Morgan fingerprint density at radius 2 is 1.96 bits per heavy atom. The van der Waals surface area contributed by atoms with E-state index in [9.17, 15) is 14.7 Å². The number of ketones is 2. The zero-order valence-corrected chi connectivity index (χ0v) is 16.6. The number of allylic oxidation sites excluding steroid dienone is 1. The predicted octanol–water partition coefficient (Wildman–Crippen LogP) is 4.33. The molecule has 3 saturated carbocycles. The van der Waals surface area contributed by atoms with Gasteiger partial charge in [-0.25, -0.2) is 0 Å². The molecule has 144 valence electrons. The van der Waals surface area contributed by atoms with Gasteiger partial charge in [0, 0.05) is 18.9 Å². The minimum absolute atomic E-state index is 0.142. The normalized spacial score (nSPS) is 47.6. The summed E-state index contributed by atoms with van der Waals surface area (Å²) in [4.78, 5) is 24.4. The van der Waals surface area contributed by atoms with E-state index in [1.165, 1.54) is 12.0 Å². The lowest BCUT2D eigenvalue weighted by atomic mass is 9.44. The van der Waals surface area contributed by atoms with Crippen LogP contribution in [-0.4, -0.2) is 23.3 Å². The third kappa shape index (κ3) is 2.49. The number of aliphatic hydroxyl groups is 1. The molecule has 1 N–H and O–H groups in total. The summed E-state index contributed by atoms with van der Waals surface area (Å²) in [5.41, 5.74) is 1.65. The lowest BCUT2D eigenvalue weighted by molar-refractivity contribution is -0.131. The number of carbonyl (C=O) groups excluding carboxylic acids is 2. The summed E-state index contributed by atoms with van der Waals surface area (Å²) in [5.74, 6) is 3.15. The second-order valence-electron chi connectivity index (χ2n) is 10.1. The van der Waals surface area contributed by atoms with Gasteiger partial charge in [0.15, 0.2) is 5.78 Å². The molecule has 3 fully saturated rings. The third-order valence-electron chi connectivity index (χ3n) is 9.13. The molecule has 7 atom stereocenters. The van der Waals surface area contributed by atoms with Gasteiger partial charge in [-0.3, -0.25) is 9.59 Å². The summed E-state index contributed by atoms with van der Waals surface area (Å²) in [5, 5.41) is 9.73. The van der Waals surface area contributed by atoms with Crippen molar-refractivity contribution < 1.29 is 14.7 Å². The van der Waals surface area contributed by atoms with Crippen LogP contribution in [0.2, 0.25) is 0 Å². The molecule has 0 saturated heterocycles. The Labute approximate surface area is 157 Å². The van der Waals surface area contributed by atoms with Crippen LogP contribution in [0.3, 0.4) is 0 Å². The maximum absolute atomic E-state index is 12.3. The van der Waals surface area contributed by atoms with Gasteiger partial charge in [-0.2, -0.15) is 0 Å². The van der Waals surface area contributed by atoms with Crippen molar-refractivity contribution in [2.45, 2.75) is 72.1 Å². The van der Waals surface area contributed by atoms with Crippen molar-refractivity contribution in [3.8, 4) is 0 Å². The van der Waals surface area contributed by atoms with Gasteiger partial charge >= 0.3 is 0 Å². The molecule has 4 aliphatic carbocycles. The van der Waals surface area contributed by atoms with E-state index >= 15 is 0 Å². The van der Waals surface area contributed by atoms with Crippen molar-refractivity contribution in [1.29, 1.82) is 0 Å². The second kappa shape index (κ2) is 6.29. The lowest BCUT2D eigenvalue weighted by Crippen LogP contribution is -2.54. The van der Waals surface area contributed by atoms with Crippen LogP contribution < -0.4 is 0 Å². The molecule has 0 amide bonds. The van der Waals surface area contributed by atoms with E-state index in [2.05, 4.69) is 13.8 Å². The molecule has 0 aliphatic heterocycles. The molecule has 3 nitrogen and oxygen atoms in total. The van der Waals surface area contributed by atoms with E-state index in [4.69, 9.17) is 0 Å². The third-order valence-corrected chi connectivity index (χ3v) is 9.13. The summed E-state index contributed by atoms with van der Waals surface area (Å²) in [6.45, 7) is 6.79. The predicted molar refractivity (Wildman–Crippen MR) is 101 cm³/mol. The Bertz CT molecular complexity index is 650. The van der Waals surface area contributed by atoms with Gasteiger partial charge in [0.25, 0.3) is 0 Å². The molecule has 26 heavy (non-hydrogen) atoms. The molecule has 0 aromatic heterocycles. The molecule has 4 aliphatic rings. The molecule has 0 heterocycles. The molecular weight excluding hydrogens is 324 g/mol. The van der Waals surface area contributed by atoms with Crippen LogP contribution in [0, 0.1) is 40.4 Å². The maximum Gasteiger partial charge on any atom is 0.155 e. The van der Waals surface area contributed by atoms with E-state index in [1.807, 2.05) is 6.08 Å². The van der Waals surface area contributed by atoms with Crippen LogP contribution in [0.15, 0.2) is 11.6 Å². The molecule has 0 radical (unpaired) electrons. The Hall–Kier alpha value is -0.960. The van der Waals surface area contributed by atoms with Crippen molar-refractivity contribution in [2.75, 3.05) is 6.61 Å². The molecule has 0 unspecified atom stereocenters. The first kappa shape index (κ1) is 18.4. The van der Waals surface area contributed by atoms with Gasteiger partial charge in [-0.1, -0.05) is 19.4 Å². The van der Waals surface area contributed by atoms with Gasteiger partial charge < -0.3 is 5.11 Å². The Kier molecular flexibility index (Phi) is 4.45. The fourth-order valence-electron chi connectivity index (χ4n) is 7.83. The number of aliphatic hydroxyl groups excluding tert-OH is 1. The van der Waals surface area contributed by atoms with Crippen molar-refractivity contribution >= 4 is 11.6 Å². The Morgan fingerprint density at radius 1 is 1.19 bits per heavy atom. The highest BCUT2D eigenvalue weighted by Crippen LogP contribution is 2.68. The van der Waals surface area contributed by atoms with Crippen molar-refractivity contribution in [3.63, 3.8) is 0 Å². The molecular formula is C23H34O3. The van der Waals surface area contributed by atoms with Gasteiger partial charge in [0.05, 0.1) is 0 Å². The fraction of sp³-hybridized carbons (Fsp3) is 0.826.